The minimum Gasteiger partial charge on any atom is -0.481 e. The van der Waals surface area contributed by atoms with E-state index in [1.165, 1.54) is 0 Å². The number of hydrogen-bond acceptors (Lipinski definition) is 4. The van der Waals surface area contributed by atoms with Gasteiger partial charge in [0.2, 0.25) is 0 Å². The minimum atomic E-state index is -0.706. The minimum absolute atomic E-state index is 0.191. The Morgan fingerprint density at radius 2 is 2.30 bits per heavy atom. The third kappa shape index (κ3) is 3.33. The Hall–Kier alpha value is -1.49. The van der Waals surface area contributed by atoms with E-state index in [4.69, 9.17) is 0 Å². The van der Waals surface area contributed by atoms with E-state index in [9.17, 15) is 9.90 Å². The van der Waals surface area contributed by atoms with Crippen LogP contribution in [-0.4, -0.2) is 39.0 Å². The van der Waals surface area contributed by atoms with E-state index < -0.39 is 11.4 Å². The largest absolute Gasteiger partial charge is 0.481 e. The number of nitrogens with zero attached hydrogens (tertiary/aromatic N) is 3. The molecule has 0 bridgehead atoms. The molecule has 0 aliphatic carbocycles. The van der Waals surface area contributed by atoms with Crippen LogP contribution < -0.4 is 0 Å². The molecular weight excluding hydrogens is 254 g/mol. The van der Waals surface area contributed by atoms with Crippen LogP contribution in [-0.2, 0) is 11.3 Å². The zero-order valence-corrected chi connectivity index (χ0v) is 12.5. The first-order valence-corrected chi connectivity index (χ1v) is 7.14. The molecule has 2 heterocycles. The fourth-order valence-electron chi connectivity index (χ4n) is 2.79. The van der Waals surface area contributed by atoms with Crippen molar-refractivity contribution in [1.82, 2.24) is 14.9 Å². The smallest absolute Gasteiger partial charge is 0.309 e. The summed E-state index contributed by atoms with van der Waals surface area (Å²) >= 11 is 0. The molecule has 0 saturated carbocycles. The number of piperidine rings is 1. The van der Waals surface area contributed by atoms with E-state index in [-0.39, 0.29) is 5.92 Å². The molecule has 0 spiro atoms. The van der Waals surface area contributed by atoms with Gasteiger partial charge in [0.05, 0.1) is 11.1 Å². The zero-order chi connectivity index (χ0) is 14.8. The normalized spacial score (nSPS) is 20.9. The maximum absolute atomic E-state index is 11.4. The van der Waals surface area contributed by atoms with Gasteiger partial charge in [-0.3, -0.25) is 9.69 Å². The lowest BCUT2D eigenvalue weighted by molar-refractivity contribution is -0.151. The van der Waals surface area contributed by atoms with Crippen LogP contribution in [0.2, 0.25) is 0 Å². The third-order valence-electron chi connectivity index (χ3n) is 4.30. The maximum atomic E-state index is 11.4. The second-order valence-corrected chi connectivity index (χ2v) is 6.20. The van der Waals surface area contributed by atoms with Crippen molar-refractivity contribution < 1.29 is 9.90 Å². The molecule has 110 valence electrons. The molecule has 0 aromatic carbocycles. The van der Waals surface area contributed by atoms with Crippen LogP contribution in [0, 0.1) is 18.3 Å². The number of carbonyl (C=O) groups is 1. The van der Waals surface area contributed by atoms with Crippen LogP contribution in [0.5, 0.6) is 0 Å². The van der Waals surface area contributed by atoms with Gasteiger partial charge in [-0.15, -0.1) is 0 Å². The summed E-state index contributed by atoms with van der Waals surface area (Å²) in [4.78, 5) is 22.2. The number of rotatable bonds is 4. The molecule has 5 nitrogen and oxygen atoms in total. The first kappa shape index (κ1) is 14.9. The first-order valence-electron chi connectivity index (χ1n) is 7.14. The fraction of sp³-hybridized carbons (Fsp3) is 0.667. The number of hydrogen-bond donors (Lipinski definition) is 1. The Balaban J connectivity index is 2.02. The van der Waals surface area contributed by atoms with Crippen LogP contribution in [0.15, 0.2) is 12.3 Å². The Bertz CT molecular complexity index is 488. The Kier molecular flexibility index (Phi) is 4.38. The highest BCUT2D eigenvalue weighted by atomic mass is 16.4. The second kappa shape index (κ2) is 5.87. The van der Waals surface area contributed by atoms with Gasteiger partial charge in [-0.1, -0.05) is 0 Å². The molecule has 20 heavy (non-hydrogen) atoms. The lowest BCUT2D eigenvalue weighted by Gasteiger charge is -2.39. The van der Waals surface area contributed by atoms with Gasteiger partial charge in [0.25, 0.3) is 0 Å². The molecule has 1 unspecified atom stereocenters. The number of aromatic nitrogens is 2. The van der Waals surface area contributed by atoms with Crippen LogP contribution in [0.25, 0.3) is 0 Å². The molecule has 0 radical (unpaired) electrons. The lowest BCUT2D eigenvalue weighted by atomic mass is 9.74. The standard InChI is InChI=1S/C15H23N3O2/c1-11-16-7-6-13(17-11)10-18-8-4-5-12(9-18)15(2,3)14(19)20/h6-7,12H,4-5,8-10H2,1-3H3,(H,19,20). The Labute approximate surface area is 120 Å². The van der Waals surface area contributed by atoms with Crippen molar-refractivity contribution in [3.8, 4) is 0 Å². The molecule has 1 N–H and O–H groups in total. The summed E-state index contributed by atoms with van der Waals surface area (Å²) < 4.78 is 0. The lowest BCUT2D eigenvalue weighted by Crippen LogP contribution is -2.44. The SMILES string of the molecule is Cc1nccc(CN2CCCC(C(C)(C)C(=O)O)C2)n1. The summed E-state index contributed by atoms with van der Waals surface area (Å²) in [5.74, 6) is 0.265. The van der Waals surface area contributed by atoms with E-state index in [1.807, 2.05) is 26.8 Å². The molecule has 2 rings (SSSR count). The van der Waals surface area contributed by atoms with Crippen molar-refractivity contribution >= 4 is 5.97 Å². The van der Waals surface area contributed by atoms with Gasteiger partial charge in [-0.05, 0) is 52.1 Å². The summed E-state index contributed by atoms with van der Waals surface area (Å²) in [6.07, 6.45) is 3.81. The van der Waals surface area contributed by atoms with Crippen molar-refractivity contribution in [2.45, 2.75) is 40.2 Å². The summed E-state index contributed by atoms with van der Waals surface area (Å²) in [5, 5.41) is 9.37. The molecule has 1 aromatic heterocycles. The monoisotopic (exact) mass is 277 g/mol. The molecular formula is C15H23N3O2. The average Bonchev–Trinajstić information content (AvgIpc) is 2.39. The first-order chi connectivity index (χ1) is 9.39. The third-order valence-corrected chi connectivity index (χ3v) is 4.30. The molecule has 1 saturated heterocycles. The predicted molar refractivity (Wildman–Crippen MR) is 76.2 cm³/mol. The van der Waals surface area contributed by atoms with Gasteiger partial charge in [-0.2, -0.15) is 0 Å². The van der Waals surface area contributed by atoms with Crippen molar-refractivity contribution in [3.63, 3.8) is 0 Å². The van der Waals surface area contributed by atoms with Gasteiger partial charge >= 0.3 is 5.97 Å². The highest BCUT2D eigenvalue weighted by Crippen LogP contribution is 2.34. The summed E-state index contributed by atoms with van der Waals surface area (Å²) in [7, 11) is 0. The quantitative estimate of drug-likeness (QED) is 0.913. The Morgan fingerprint density at radius 1 is 1.55 bits per heavy atom. The number of likely N-dealkylation sites (tertiary alicyclic amines) is 1. The number of aryl methyl sites for hydroxylation is 1. The molecule has 1 fully saturated rings. The molecule has 0 amide bonds. The average molecular weight is 277 g/mol. The van der Waals surface area contributed by atoms with E-state index in [0.29, 0.717) is 0 Å². The number of carboxylic acid groups (broad SMARTS) is 1. The maximum Gasteiger partial charge on any atom is 0.309 e. The van der Waals surface area contributed by atoms with E-state index in [1.54, 1.807) is 6.20 Å². The Morgan fingerprint density at radius 3 is 2.95 bits per heavy atom. The summed E-state index contributed by atoms with van der Waals surface area (Å²) in [6, 6.07) is 1.93. The molecule has 5 heteroatoms. The molecule has 1 aromatic rings. The summed E-state index contributed by atoms with van der Waals surface area (Å²) in [6.45, 7) is 8.15. The highest BCUT2D eigenvalue weighted by molar-refractivity contribution is 5.74. The van der Waals surface area contributed by atoms with Gasteiger partial charge in [-0.25, -0.2) is 9.97 Å². The van der Waals surface area contributed by atoms with E-state index in [2.05, 4.69) is 14.9 Å². The van der Waals surface area contributed by atoms with Crippen molar-refractivity contribution in [3.05, 3.63) is 23.8 Å². The van der Waals surface area contributed by atoms with Crippen molar-refractivity contribution in [2.75, 3.05) is 13.1 Å². The van der Waals surface area contributed by atoms with Crippen molar-refractivity contribution in [1.29, 1.82) is 0 Å². The molecule has 1 aliphatic rings. The fourth-order valence-corrected chi connectivity index (χ4v) is 2.79. The van der Waals surface area contributed by atoms with E-state index in [0.717, 1.165) is 44.0 Å². The number of aliphatic carboxylic acids is 1. The van der Waals surface area contributed by atoms with Gasteiger partial charge in [0.1, 0.15) is 5.82 Å². The topological polar surface area (TPSA) is 66.3 Å². The van der Waals surface area contributed by atoms with Crippen LogP contribution in [0.3, 0.4) is 0 Å². The molecule has 1 atom stereocenters. The van der Waals surface area contributed by atoms with Crippen molar-refractivity contribution in [2.24, 2.45) is 11.3 Å². The predicted octanol–water partition coefficient (Wildman–Crippen LogP) is 2.11. The number of carboxylic acids is 1. The second-order valence-electron chi connectivity index (χ2n) is 6.20. The van der Waals surface area contributed by atoms with Crippen LogP contribution in [0.4, 0.5) is 0 Å². The zero-order valence-electron chi connectivity index (χ0n) is 12.5. The van der Waals surface area contributed by atoms with Gasteiger partial charge in [0.15, 0.2) is 0 Å². The van der Waals surface area contributed by atoms with Crippen LogP contribution >= 0.6 is 0 Å². The van der Waals surface area contributed by atoms with Crippen LogP contribution in [0.1, 0.15) is 38.2 Å². The van der Waals surface area contributed by atoms with Gasteiger partial charge < -0.3 is 5.11 Å². The van der Waals surface area contributed by atoms with Gasteiger partial charge in [0, 0.05) is 19.3 Å². The molecule has 1 aliphatic heterocycles. The van der Waals surface area contributed by atoms with E-state index >= 15 is 0 Å². The summed E-state index contributed by atoms with van der Waals surface area (Å²) in [5.41, 5.74) is 0.339. The highest BCUT2D eigenvalue weighted by Gasteiger charge is 2.38.